The van der Waals surface area contributed by atoms with Gasteiger partial charge in [0.1, 0.15) is 0 Å². The van der Waals surface area contributed by atoms with Gasteiger partial charge in [0.15, 0.2) is 6.61 Å². The number of primary sulfonamides is 1. The molecule has 0 bridgehead atoms. The third-order valence-electron chi connectivity index (χ3n) is 4.68. The lowest BCUT2D eigenvalue weighted by Gasteiger charge is -2.16. The molecular formula is C19H19BrN2O5S. The van der Waals surface area contributed by atoms with Gasteiger partial charge in [0.2, 0.25) is 10.0 Å². The second-order valence-corrected chi connectivity index (χ2v) is 9.10. The smallest absolute Gasteiger partial charge is 0.339 e. The van der Waals surface area contributed by atoms with Gasteiger partial charge in [0.05, 0.1) is 10.5 Å². The Morgan fingerprint density at radius 3 is 2.43 bits per heavy atom. The number of hydrogen-bond donors (Lipinski definition) is 2. The summed E-state index contributed by atoms with van der Waals surface area (Å²) in [6, 6.07) is 13.7. The maximum absolute atomic E-state index is 12.2. The zero-order chi connectivity index (χ0) is 20.4. The average Bonchev–Trinajstić information content (AvgIpc) is 3.46. The molecule has 9 heteroatoms. The van der Waals surface area contributed by atoms with Crippen LogP contribution >= 0.6 is 15.9 Å². The van der Waals surface area contributed by atoms with Crippen LogP contribution in [-0.4, -0.2) is 33.4 Å². The molecule has 2 aromatic carbocycles. The molecule has 0 saturated heterocycles. The van der Waals surface area contributed by atoms with E-state index in [4.69, 9.17) is 9.88 Å². The molecule has 7 nitrogen and oxygen atoms in total. The first kappa shape index (κ1) is 20.5. The highest BCUT2D eigenvalue weighted by atomic mass is 79.9. The highest BCUT2D eigenvalue weighted by Crippen LogP contribution is 2.47. The zero-order valence-electron chi connectivity index (χ0n) is 14.9. The molecule has 1 amide bonds. The van der Waals surface area contributed by atoms with Crippen LogP contribution in [0.15, 0.2) is 57.9 Å². The van der Waals surface area contributed by atoms with Crippen molar-refractivity contribution >= 4 is 37.8 Å². The van der Waals surface area contributed by atoms with Crippen molar-refractivity contribution in [1.29, 1.82) is 0 Å². The predicted molar refractivity (Wildman–Crippen MR) is 106 cm³/mol. The fraction of sp³-hybridized carbons (Fsp3) is 0.263. The fourth-order valence-electron chi connectivity index (χ4n) is 2.88. The summed E-state index contributed by atoms with van der Waals surface area (Å²) >= 11 is 3.16. The van der Waals surface area contributed by atoms with Crippen molar-refractivity contribution in [2.45, 2.75) is 23.2 Å². The van der Waals surface area contributed by atoms with Crippen LogP contribution in [0.3, 0.4) is 0 Å². The van der Waals surface area contributed by atoms with Crippen LogP contribution in [0, 0.1) is 0 Å². The van der Waals surface area contributed by atoms with Gasteiger partial charge in [-0.15, -0.1) is 0 Å². The number of carbonyl (C=O) groups excluding carboxylic acids is 2. The molecule has 1 saturated carbocycles. The first-order chi connectivity index (χ1) is 13.2. The highest BCUT2D eigenvalue weighted by Gasteiger charge is 2.44. The van der Waals surface area contributed by atoms with Gasteiger partial charge in [0, 0.05) is 16.4 Å². The van der Waals surface area contributed by atoms with Crippen molar-refractivity contribution in [3.05, 3.63) is 64.1 Å². The van der Waals surface area contributed by atoms with Crippen molar-refractivity contribution < 1.29 is 22.7 Å². The number of esters is 1. The van der Waals surface area contributed by atoms with E-state index in [9.17, 15) is 18.0 Å². The molecule has 1 aliphatic rings. The molecule has 0 spiro atoms. The first-order valence-corrected chi connectivity index (χ1v) is 10.9. The van der Waals surface area contributed by atoms with Crippen molar-refractivity contribution in [1.82, 2.24) is 5.32 Å². The fourth-order valence-corrected chi connectivity index (χ4v) is 3.82. The van der Waals surface area contributed by atoms with Gasteiger partial charge in [-0.2, -0.15) is 0 Å². The molecule has 0 atom stereocenters. The Labute approximate surface area is 171 Å². The van der Waals surface area contributed by atoms with E-state index in [0.29, 0.717) is 11.0 Å². The van der Waals surface area contributed by atoms with E-state index in [1.165, 1.54) is 17.7 Å². The van der Waals surface area contributed by atoms with Gasteiger partial charge in [0.25, 0.3) is 5.91 Å². The molecule has 2 aromatic rings. The number of sulfonamides is 1. The lowest BCUT2D eigenvalue weighted by Crippen LogP contribution is -2.35. The molecule has 1 aliphatic carbocycles. The zero-order valence-corrected chi connectivity index (χ0v) is 17.3. The molecule has 1 fully saturated rings. The SMILES string of the molecule is NS(=O)(=O)c1ccc(Br)c(C(=O)OCC(=O)NCC2(c3ccccc3)CC2)c1. The van der Waals surface area contributed by atoms with Gasteiger partial charge >= 0.3 is 5.97 Å². The largest absolute Gasteiger partial charge is 0.452 e. The van der Waals surface area contributed by atoms with E-state index in [1.807, 2.05) is 30.3 Å². The molecule has 0 aromatic heterocycles. The monoisotopic (exact) mass is 466 g/mol. The van der Waals surface area contributed by atoms with Crippen LogP contribution in [0.1, 0.15) is 28.8 Å². The van der Waals surface area contributed by atoms with E-state index < -0.39 is 28.5 Å². The summed E-state index contributed by atoms with van der Waals surface area (Å²) < 4.78 is 28.2. The lowest BCUT2D eigenvalue weighted by molar-refractivity contribution is -0.124. The number of benzene rings is 2. The lowest BCUT2D eigenvalue weighted by atomic mass is 9.96. The van der Waals surface area contributed by atoms with Crippen LogP contribution in [0.2, 0.25) is 0 Å². The second-order valence-electron chi connectivity index (χ2n) is 6.69. The molecule has 0 heterocycles. The minimum absolute atomic E-state index is 0.0257. The topological polar surface area (TPSA) is 116 Å². The number of halogens is 1. The summed E-state index contributed by atoms with van der Waals surface area (Å²) in [4.78, 5) is 24.1. The van der Waals surface area contributed by atoms with Crippen LogP contribution in [0.4, 0.5) is 0 Å². The molecule has 0 aliphatic heterocycles. The van der Waals surface area contributed by atoms with Crippen molar-refractivity contribution in [3.8, 4) is 0 Å². The number of carbonyl (C=O) groups is 2. The Hall–Kier alpha value is -2.23. The molecular weight excluding hydrogens is 448 g/mol. The van der Waals surface area contributed by atoms with Crippen LogP contribution in [0.5, 0.6) is 0 Å². The normalized spacial score (nSPS) is 14.9. The van der Waals surface area contributed by atoms with Crippen LogP contribution in [0.25, 0.3) is 0 Å². The summed E-state index contributed by atoms with van der Waals surface area (Å²) in [5.74, 6) is -1.24. The Kier molecular flexibility index (Phi) is 5.87. The number of rotatable bonds is 7. The molecule has 3 rings (SSSR count). The van der Waals surface area contributed by atoms with Crippen LogP contribution in [-0.2, 0) is 25.0 Å². The summed E-state index contributed by atoms with van der Waals surface area (Å²) in [7, 11) is -3.96. The number of hydrogen-bond acceptors (Lipinski definition) is 5. The molecule has 3 N–H and O–H groups in total. The second kappa shape index (κ2) is 8.02. The standard InChI is InChI=1S/C19H19BrN2O5S/c20-16-7-6-14(28(21,25)26)10-15(16)18(24)27-11-17(23)22-12-19(8-9-19)13-4-2-1-3-5-13/h1-7,10H,8-9,11-12H2,(H,22,23)(H2,21,25,26). The summed E-state index contributed by atoms with van der Waals surface area (Å²) in [5.41, 5.74) is 1.10. The summed E-state index contributed by atoms with van der Waals surface area (Å²) in [6.45, 7) is 0.00768. The minimum atomic E-state index is -3.96. The van der Waals surface area contributed by atoms with E-state index in [2.05, 4.69) is 21.2 Å². The Balaban J connectivity index is 1.56. The summed E-state index contributed by atoms with van der Waals surface area (Å²) in [6.07, 6.45) is 1.98. The van der Waals surface area contributed by atoms with Crippen molar-refractivity contribution in [2.24, 2.45) is 5.14 Å². The molecule has 28 heavy (non-hydrogen) atoms. The van der Waals surface area contributed by atoms with Gasteiger partial charge in [-0.25, -0.2) is 18.4 Å². The minimum Gasteiger partial charge on any atom is -0.452 e. The van der Waals surface area contributed by atoms with Gasteiger partial charge in [-0.05, 0) is 52.5 Å². The third-order valence-corrected chi connectivity index (χ3v) is 6.29. The highest BCUT2D eigenvalue weighted by molar-refractivity contribution is 9.10. The Morgan fingerprint density at radius 2 is 1.82 bits per heavy atom. The number of nitrogens with two attached hydrogens (primary N) is 1. The molecule has 148 valence electrons. The van der Waals surface area contributed by atoms with E-state index in [1.54, 1.807) is 0 Å². The maximum Gasteiger partial charge on any atom is 0.339 e. The number of nitrogens with one attached hydrogen (secondary N) is 1. The Bertz CT molecular complexity index is 1000. The quantitative estimate of drug-likeness (QED) is 0.606. The molecule has 0 radical (unpaired) electrons. The number of amides is 1. The van der Waals surface area contributed by atoms with Gasteiger partial charge in [-0.1, -0.05) is 30.3 Å². The Morgan fingerprint density at radius 1 is 1.14 bits per heavy atom. The average molecular weight is 467 g/mol. The van der Waals surface area contributed by atoms with E-state index >= 15 is 0 Å². The predicted octanol–water partition coefficient (Wildman–Crippen LogP) is 2.10. The number of ether oxygens (including phenoxy) is 1. The first-order valence-electron chi connectivity index (χ1n) is 8.53. The van der Waals surface area contributed by atoms with Gasteiger partial charge < -0.3 is 10.1 Å². The van der Waals surface area contributed by atoms with Crippen molar-refractivity contribution in [3.63, 3.8) is 0 Å². The van der Waals surface area contributed by atoms with Gasteiger partial charge in [-0.3, -0.25) is 4.79 Å². The third kappa shape index (κ3) is 4.78. The maximum atomic E-state index is 12.2. The summed E-state index contributed by atoms with van der Waals surface area (Å²) in [5, 5.41) is 7.87. The van der Waals surface area contributed by atoms with Crippen LogP contribution < -0.4 is 10.5 Å². The molecule has 0 unspecified atom stereocenters. The van der Waals surface area contributed by atoms with E-state index in [0.717, 1.165) is 18.9 Å². The van der Waals surface area contributed by atoms with E-state index in [-0.39, 0.29) is 15.9 Å². The van der Waals surface area contributed by atoms with Crippen molar-refractivity contribution in [2.75, 3.05) is 13.2 Å².